The third-order valence-electron chi connectivity index (χ3n) is 2.95. The Morgan fingerprint density at radius 2 is 2.21 bits per heavy atom. The number of amides is 2. The molecule has 4 nitrogen and oxygen atoms in total. The first-order chi connectivity index (χ1) is 8.94. The first-order valence-corrected chi connectivity index (χ1v) is 7.20. The Hall–Kier alpha value is -1.27. The van der Waals surface area contributed by atoms with Crippen LogP contribution in [0.4, 0.5) is 14.9 Å². The van der Waals surface area contributed by atoms with Crippen molar-refractivity contribution in [1.82, 2.24) is 5.32 Å². The molecule has 0 aliphatic heterocycles. The van der Waals surface area contributed by atoms with Crippen LogP contribution in [0.2, 0.25) is 0 Å². The Kier molecular flexibility index (Phi) is 5.62. The highest BCUT2D eigenvalue weighted by molar-refractivity contribution is 7.98. The number of hydrogen-bond donors (Lipinski definition) is 3. The molecule has 0 saturated carbocycles. The second kappa shape index (κ2) is 6.77. The lowest BCUT2D eigenvalue weighted by Crippen LogP contribution is -2.50. The van der Waals surface area contributed by atoms with Crippen molar-refractivity contribution in [2.45, 2.75) is 30.7 Å². The van der Waals surface area contributed by atoms with Crippen LogP contribution in [0.3, 0.4) is 0 Å². The normalized spacial score (nSPS) is 13.7. The first-order valence-electron chi connectivity index (χ1n) is 5.97. The summed E-state index contributed by atoms with van der Waals surface area (Å²) in [6, 6.07) is 4.06. The molecule has 19 heavy (non-hydrogen) atoms. The second-order valence-corrected chi connectivity index (χ2v) is 5.35. The lowest BCUT2D eigenvalue weighted by atomic mass is 10.0. The van der Waals surface area contributed by atoms with Crippen LogP contribution in [0.15, 0.2) is 23.1 Å². The molecule has 0 aliphatic carbocycles. The average Bonchev–Trinajstić information content (AvgIpc) is 2.38. The molecule has 0 aliphatic rings. The van der Waals surface area contributed by atoms with Gasteiger partial charge in [-0.1, -0.05) is 6.92 Å². The molecule has 0 unspecified atom stereocenters. The van der Waals surface area contributed by atoms with Crippen molar-refractivity contribution < 1.29 is 14.3 Å². The number of aliphatic hydroxyl groups excluding tert-OH is 1. The monoisotopic (exact) mass is 286 g/mol. The number of carbonyl (C=O) groups is 1. The highest BCUT2D eigenvalue weighted by Crippen LogP contribution is 2.22. The predicted molar refractivity (Wildman–Crippen MR) is 76.1 cm³/mol. The molecular weight excluding hydrogens is 267 g/mol. The number of thioether (sulfide) groups is 1. The molecule has 3 N–H and O–H groups in total. The summed E-state index contributed by atoms with van der Waals surface area (Å²) in [6.45, 7) is 3.45. The standard InChI is InChI=1S/C13H19FN2O2S/c1-4-13(2,8-17)16-12(18)15-9-5-6-11(19-3)10(14)7-9/h5-7,17H,4,8H2,1-3H3,(H2,15,16,18)/t13-/m1/s1. The minimum absolute atomic E-state index is 0.156. The molecule has 6 heteroatoms. The van der Waals surface area contributed by atoms with E-state index < -0.39 is 11.6 Å². The largest absolute Gasteiger partial charge is 0.394 e. The van der Waals surface area contributed by atoms with Gasteiger partial charge < -0.3 is 15.7 Å². The second-order valence-electron chi connectivity index (χ2n) is 4.50. The summed E-state index contributed by atoms with van der Waals surface area (Å²) in [4.78, 5) is 12.3. The van der Waals surface area contributed by atoms with E-state index in [0.717, 1.165) is 0 Å². The van der Waals surface area contributed by atoms with Crippen molar-refractivity contribution >= 4 is 23.5 Å². The quantitative estimate of drug-likeness (QED) is 0.729. The van der Waals surface area contributed by atoms with E-state index in [2.05, 4.69) is 10.6 Å². The minimum atomic E-state index is -0.679. The van der Waals surface area contributed by atoms with Crippen molar-refractivity contribution in [3.63, 3.8) is 0 Å². The van der Waals surface area contributed by atoms with Gasteiger partial charge in [0, 0.05) is 10.6 Å². The van der Waals surface area contributed by atoms with Crippen LogP contribution in [0, 0.1) is 5.82 Å². The fourth-order valence-corrected chi connectivity index (χ4v) is 1.88. The van der Waals surface area contributed by atoms with E-state index in [9.17, 15) is 14.3 Å². The molecule has 0 spiro atoms. The summed E-state index contributed by atoms with van der Waals surface area (Å²) < 4.78 is 13.5. The van der Waals surface area contributed by atoms with Crippen LogP contribution in [-0.4, -0.2) is 29.5 Å². The maximum Gasteiger partial charge on any atom is 0.319 e. The Balaban J connectivity index is 2.70. The number of carbonyl (C=O) groups excluding carboxylic acids is 1. The topological polar surface area (TPSA) is 61.4 Å². The molecule has 1 rings (SSSR count). The maximum absolute atomic E-state index is 13.5. The van der Waals surface area contributed by atoms with Gasteiger partial charge in [-0.2, -0.15) is 0 Å². The van der Waals surface area contributed by atoms with Crippen molar-refractivity contribution in [2.75, 3.05) is 18.2 Å². The summed E-state index contributed by atoms with van der Waals surface area (Å²) >= 11 is 1.30. The van der Waals surface area contributed by atoms with Gasteiger partial charge in [-0.05, 0) is 37.8 Å². The van der Waals surface area contributed by atoms with Gasteiger partial charge in [-0.15, -0.1) is 11.8 Å². The lowest BCUT2D eigenvalue weighted by molar-refractivity contribution is 0.172. The van der Waals surface area contributed by atoms with Crippen LogP contribution in [-0.2, 0) is 0 Å². The van der Waals surface area contributed by atoms with Crippen molar-refractivity contribution in [2.24, 2.45) is 0 Å². The van der Waals surface area contributed by atoms with Crippen LogP contribution in [0.1, 0.15) is 20.3 Å². The highest BCUT2D eigenvalue weighted by atomic mass is 32.2. The SMILES string of the molecule is CC[C@](C)(CO)NC(=O)Nc1ccc(SC)c(F)c1. The molecule has 0 heterocycles. The molecule has 0 fully saturated rings. The molecule has 0 aromatic heterocycles. The summed E-state index contributed by atoms with van der Waals surface area (Å²) in [5, 5.41) is 14.4. The van der Waals surface area contributed by atoms with E-state index in [-0.39, 0.29) is 12.4 Å². The Labute approximate surface area is 116 Å². The number of benzene rings is 1. The molecule has 0 saturated heterocycles. The Bertz CT molecular complexity index is 450. The van der Waals surface area contributed by atoms with Gasteiger partial charge in [0.2, 0.25) is 0 Å². The van der Waals surface area contributed by atoms with Gasteiger partial charge in [-0.3, -0.25) is 0 Å². The molecule has 0 bridgehead atoms. The van der Waals surface area contributed by atoms with Gasteiger partial charge in [-0.25, -0.2) is 9.18 Å². The zero-order valence-corrected chi connectivity index (χ0v) is 12.1. The summed E-state index contributed by atoms with van der Waals surface area (Å²) in [6.07, 6.45) is 2.38. The minimum Gasteiger partial charge on any atom is -0.394 e. The molecule has 106 valence electrons. The number of anilines is 1. The number of nitrogens with one attached hydrogen (secondary N) is 2. The van der Waals surface area contributed by atoms with Crippen molar-refractivity contribution in [3.05, 3.63) is 24.0 Å². The van der Waals surface area contributed by atoms with Crippen LogP contribution >= 0.6 is 11.8 Å². The summed E-state index contributed by atoms with van der Waals surface area (Å²) in [7, 11) is 0. The van der Waals surface area contributed by atoms with E-state index in [1.165, 1.54) is 17.8 Å². The van der Waals surface area contributed by atoms with Crippen LogP contribution < -0.4 is 10.6 Å². The highest BCUT2D eigenvalue weighted by Gasteiger charge is 2.23. The fourth-order valence-electron chi connectivity index (χ4n) is 1.42. The molecule has 1 atom stereocenters. The molecule has 2 amide bonds. The molecule has 1 aromatic carbocycles. The first kappa shape index (κ1) is 15.8. The number of hydrogen-bond acceptors (Lipinski definition) is 3. The van der Waals surface area contributed by atoms with E-state index in [1.807, 2.05) is 6.92 Å². The zero-order valence-electron chi connectivity index (χ0n) is 11.3. The zero-order chi connectivity index (χ0) is 14.5. The number of aliphatic hydroxyl groups is 1. The fraction of sp³-hybridized carbons (Fsp3) is 0.462. The van der Waals surface area contributed by atoms with Crippen molar-refractivity contribution in [3.8, 4) is 0 Å². The molecule has 0 radical (unpaired) electrons. The molecule has 1 aromatic rings. The van der Waals surface area contributed by atoms with E-state index >= 15 is 0 Å². The van der Waals surface area contributed by atoms with E-state index in [1.54, 1.807) is 25.3 Å². The smallest absolute Gasteiger partial charge is 0.319 e. The van der Waals surface area contributed by atoms with Crippen LogP contribution in [0.25, 0.3) is 0 Å². The lowest BCUT2D eigenvalue weighted by Gasteiger charge is -2.27. The predicted octanol–water partition coefficient (Wildman–Crippen LogP) is 2.83. The van der Waals surface area contributed by atoms with Crippen molar-refractivity contribution in [1.29, 1.82) is 0 Å². The molecular formula is C13H19FN2O2S. The number of halogens is 1. The van der Waals surface area contributed by atoms with Gasteiger partial charge in [0.1, 0.15) is 5.82 Å². The third-order valence-corrected chi connectivity index (χ3v) is 3.73. The maximum atomic E-state index is 13.5. The summed E-state index contributed by atoms with van der Waals surface area (Å²) in [5.41, 5.74) is -0.300. The van der Waals surface area contributed by atoms with E-state index in [4.69, 9.17) is 0 Å². The number of rotatable bonds is 5. The van der Waals surface area contributed by atoms with Gasteiger partial charge >= 0.3 is 6.03 Å². The van der Waals surface area contributed by atoms with Gasteiger partial charge in [0.25, 0.3) is 0 Å². The summed E-state index contributed by atoms with van der Waals surface area (Å²) in [5.74, 6) is -0.370. The Morgan fingerprint density at radius 3 is 2.68 bits per heavy atom. The van der Waals surface area contributed by atoms with Gasteiger partial charge in [0.15, 0.2) is 0 Å². The van der Waals surface area contributed by atoms with E-state index in [0.29, 0.717) is 17.0 Å². The average molecular weight is 286 g/mol. The third kappa shape index (κ3) is 4.40. The Morgan fingerprint density at radius 1 is 1.53 bits per heavy atom. The van der Waals surface area contributed by atoms with Crippen LogP contribution in [0.5, 0.6) is 0 Å². The van der Waals surface area contributed by atoms with Gasteiger partial charge in [0.05, 0.1) is 12.1 Å². The number of urea groups is 1.